The summed E-state index contributed by atoms with van der Waals surface area (Å²) >= 11 is 0. The van der Waals surface area contributed by atoms with Crippen molar-refractivity contribution in [3.05, 3.63) is 35.4 Å². The number of nitrogens with zero attached hydrogens (tertiary/aromatic N) is 2. The summed E-state index contributed by atoms with van der Waals surface area (Å²) in [6, 6.07) is 10.2. The van der Waals surface area contributed by atoms with E-state index in [2.05, 4.69) is 24.0 Å². The van der Waals surface area contributed by atoms with Crippen LogP contribution in [-0.2, 0) is 6.54 Å². The van der Waals surface area contributed by atoms with Crippen molar-refractivity contribution in [3.8, 4) is 6.07 Å². The van der Waals surface area contributed by atoms with Crippen LogP contribution in [0, 0.1) is 17.2 Å². The van der Waals surface area contributed by atoms with Gasteiger partial charge in [-0.15, -0.1) is 0 Å². The zero-order valence-electron chi connectivity index (χ0n) is 9.82. The van der Waals surface area contributed by atoms with Crippen LogP contribution >= 0.6 is 0 Å². The van der Waals surface area contributed by atoms with Gasteiger partial charge in [-0.05, 0) is 36.9 Å². The predicted molar refractivity (Wildman–Crippen MR) is 64.8 cm³/mol. The highest BCUT2D eigenvalue weighted by Gasteiger charge is 2.23. The fourth-order valence-electron chi connectivity index (χ4n) is 1.98. The third-order valence-electron chi connectivity index (χ3n) is 3.19. The SMILES string of the molecule is CCN(Cc1ccccc1C#N)CC1CC1. The fraction of sp³-hybridized carbons (Fsp3) is 0.500. The van der Waals surface area contributed by atoms with Gasteiger partial charge in [0.15, 0.2) is 0 Å². The monoisotopic (exact) mass is 214 g/mol. The van der Waals surface area contributed by atoms with Gasteiger partial charge in [0.05, 0.1) is 11.6 Å². The van der Waals surface area contributed by atoms with Crippen molar-refractivity contribution in [2.24, 2.45) is 5.92 Å². The van der Waals surface area contributed by atoms with Gasteiger partial charge in [0.25, 0.3) is 0 Å². The molecule has 0 heterocycles. The van der Waals surface area contributed by atoms with Crippen LogP contribution in [0.25, 0.3) is 0 Å². The molecule has 1 aromatic carbocycles. The Morgan fingerprint density at radius 1 is 1.38 bits per heavy atom. The van der Waals surface area contributed by atoms with Gasteiger partial charge in [0, 0.05) is 13.1 Å². The second-order valence-corrected chi connectivity index (χ2v) is 4.54. The Labute approximate surface area is 97.5 Å². The van der Waals surface area contributed by atoms with Crippen molar-refractivity contribution in [1.29, 1.82) is 5.26 Å². The Bertz CT molecular complexity index is 388. The smallest absolute Gasteiger partial charge is 0.0995 e. The van der Waals surface area contributed by atoms with E-state index in [-0.39, 0.29) is 0 Å². The van der Waals surface area contributed by atoms with E-state index in [1.807, 2.05) is 18.2 Å². The van der Waals surface area contributed by atoms with Crippen molar-refractivity contribution in [2.75, 3.05) is 13.1 Å². The normalized spacial score (nSPS) is 15.1. The average molecular weight is 214 g/mol. The summed E-state index contributed by atoms with van der Waals surface area (Å²) in [5.41, 5.74) is 1.98. The summed E-state index contributed by atoms with van der Waals surface area (Å²) in [7, 11) is 0. The van der Waals surface area contributed by atoms with Crippen LogP contribution in [0.3, 0.4) is 0 Å². The third-order valence-corrected chi connectivity index (χ3v) is 3.19. The second-order valence-electron chi connectivity index (χ2n) is 4.54. The molecule has 0 amide bonds. The lowest BCUT2D eigenvalue weighted by Crippen LogP contribution is -2.25. The maximum absolute atomic E-state index is 9.03. The van der Waals surface area contributed by atoms with Crippen LogP contribution < -0.4 is 0 Å². The third kappa shape index (κ3) is 2.84. The molecule has 0 radical (unpaired) electrons. The molecule has 2 rings (SSSR count). The lowest BCUT2D eigenvalue weighted by atomic mass is 10.1. The summed E-state index contributed by atoms with van der Waals surface area (Å²) < 4.78 is 0. The minimum Gasteiger partial charge on any atom is -0.299 e. The van der Waals surface area contributed by atoms with E-state index in [0.29, 0.717) is 0 Å². The number of hydrogen-bond acceptors (Lipinski definition) is 2. The molecular weight excluding hydrogens is 196 g/mol. The first-order valence-electron chi connectivity index (χ1n) is 6.04. The van der Waals surface area contributed by atoms with Crippen LogP contribution in [0.5, 0.6) is 0 Å². The van der Waals surface area contributed by atoms with Crippen molar-refractivity contribution in [3.63, 3.8) is 0 Å². The quantitative estimate of drug-likeness (QED) is 0.753. The maximum atomic E-state index is 9.03. The van der Waals surface area contributed by atoms with Crippen LogP contribution in [0.15, 0.2) is 24.3 Å². The molecule has 0 aromatic heterocycles. The van der Waals surface area contributed by atoms with Gasteiger partial charge in [0.1, 0.15) is 0 Å². The highest BCUT2D eigenvalue weighted by molar-refractivity contribution is 5.37. The van der Waals surface area contributed by atoms with Crippen molar-refractivity contribution in [2.45, 2.75) is 26.3 Å². The molecule has 1 saturated carbocycles. The maximum Gasteiger partial charge on any atom is 0.0995 e. The van der Waals surface area contributed by atoms with E-state index >= 15 is 0 Å². The van der Waals surface area contributed by atoms with Crippen LogP contribution in [0.4, 0.5) is 0 Å². The summed E-state index contributed by atoms with van der Waals surface area (Å²) in [6.45, 7) is 5.36. The Hall–Kier alpha value is -1.33. The Morgan fingerprint density at radius 3 is 2.75 bits per heavy atom. The topological polar surface area (TPSA) is 27.0 Å². The molecule has 1 aliphatic carbocycles. The van der Waals surface area contributed by atoms with E-state index in [9.17, 15) is 0 Å². The summed E-state index contributed by atoms with van der Waals surface area (Å²) in [5, 5.41) is 9.03. The lowest BCUT2D eigenvalue weighted by molar-refractivity contribution is 0.268. The number of nitriles is 1. The van der Waals surface area contributed by atoms with Gasteiger partial charge >= 0.3 is 0 Å². The first-order valence-corrected chi connectivity index (χ1v) is 6.04. The van der Waals surface area contributed by atoms with Crippen molar-refractivity contribution < 1.29 is 0 Å². The van der Waals surface area contributed by atoms with E-state index in [0.717, 1.165) is 30.1 Å². The van der Waals surface area contributed by atoms with Gasteiger partial charge in [0.2, 0.25) is 0 Å². The largest absolute Gasteiger partial charge is 0.299 e. The van der Waals surface area contributed by atoms with Crippen molar-refractivity contribution in [1.82, 2.24) is 4.90 Å². The Kier molecular flexibility index (Phi) is 3.58. The average Bonchev–Trinajstić information content (AvgIpc) is 3.13. The molecule has 0 aliphatic heterocycles. The molecule has 1 aromatic rings. The highest BCUT2D eigenvalue weighted by atomic mass is 15.1. The molecule has 0 unspecified atom stereocenters. The molecule has 0 bridgehead atoms. The highest BCUT2D eigenvalue weighted by Crippen LogP contribution is 2.30. The standard InChI is InChI=1S/C14H18N2/c1-2-16(10-12-7-8-12)11-14-6-4-3-5-13(14)9-15/h3-6,12H,2,7-8,10-11H2,1H3. The molecular formula is C14H18N2. The van der Waals surface area contributed by atoms with E-state index in [1.54, 1.807) is 0 Å². The molecule has 1 aliphatic rings. The van der Waals surface area contributed by atoms with Crippen molar-refractivity contribution >= 4 is 0 Å². The summed E-state index contributed by atoms with van der Waals surface area (Å²) in [4.78, 5) is 2.44. The molecule has 0 N–H and O–H groups in total. The van der Waals surface area contributed by atoms with Gasteiger partial charge in [-0.1, -0.05) is 25.1 Å². The minimum atomic E-state index is 0.816. The first-order chi connectivity index (χ1) is 7.83. The molecule has 0 atom stereocenters. The van der Waals surface area contributed by atoms with Gasteiger partial charge in [-0.3, -0.25) is 4.90 Å². The van der Waals surface area contributed by atoms with Crippen LogP contribution in [-0.4, -0.2) is 18.0 Å². The second kappa shape index (κ2) is 5.14. The number of rotatable bonds is 5. The van der Waals surface area contributed by atoms with E-state index in [1.165, 1.54) is 19.4 Å². The van der Waals surface area contributed by atoms with E-state index in [4.69, 9.17) is 5.26 Å². The zero-order valence-corrected chi connectivity index (χ0v) is 9.82. The lowest BCUT2D eigenvalue weighted by Gasteiger charge is -2.20. The van der Waals surface area contributed by atoms with Crippen LogP contribution in [0.2, 0.25) is 0 Å². The molecule has 0 spiro atoms. The minimum absolute atomic E-state index is 0.816. The van der Waals surface area contributed by atoms with E-state index < -0.39 is 0 Å². The molecule has 1 fully saturated rings. The molecule has 84 valence electrons. The van der Waals surface area contributed by atoms with Gasteiger partial charge < -0.3 is 0 Å². The molecule has 2 heteroatoms. The molecule has 2 nitrogen and oxygen atoms in total. The van der Waals surface area contributed by atoms with Gasteiger partial charge in [-0.25, -0.2) is 0 Å². The van der Waals surface area contributed by atoms with Crippen LogP contribution in [0.1, 0.15) is 30.9 Å². The Balaban J connectivity index is 2.02. The first kappa shape index (κ1) is 11.2. The fourth-order valence-corrected chi connectivity index (χ4v) is 1.98. The zero-order chi connectivity index (χ0) is 11.4. The molecule has 0 saturated heterocycles. The number of hydrogen-bond donors (Lipinski definition) is 0. The Morgan fingerprint density at radius 2 is 2.12 bits per heavy atom. The van der Waals surface area contributed by atoms with Gasteiger partial charge in [-0.2, -0.15) is 5.26 Å². The summed E-state index contributed by atoms with van der Waals surface area (Å²) in [6.07, 6.45) is 2.77. The molecule has 16 heavy (non-hydrogen) atoms. The number of benzene rings is 1. The predicted octanol–water partition coefficient (Wildman–Crippen LogP) is 2.79. The summed E-state index contributed by atoms with van der Waals surface area (Å²) in [5.74, 6) is 0.911.